The minimum atomic E-state index is -0.0788. The first kappa shape index (κ1) is 14.0. The summed E-state index contributed by atoms with van der Waals surface area (Å²) >= 11 is 1.62. The molecule has 1 heterocycles. The minimum Gasteiger partial charge on any atom is -0.298 e. The summed E-state index contributed by atoms with van der Waals surface area (Å²) in [5.74, 6) is -0.0788. The summed E-state index contributed by atoms with van der Waals surface area (Å²) in [6.45, 7) is 1.83. The molecule has 4 heteroatoms. The first-order chi connectivity index (χ1) is 10.2. The van der Waals surface area contributed by atoms with Crippen molar-refractivity contribution >= 4 is 28.5 Å². The normalized spacial score (nSPS) is 14.6. The number of hydrogen-bond donors (Lipinski definition) is 1. The van der Waals surface area contributed by atoms with Crippen LogP contribution in [0.5, 0.6) is 0 Å². The van der Waals surface area contributed by atoms with Crippen molar-refractivity contribution in [1.29, 1.82) is 0 Å². The van der Waals surface area contributed by atoms with Crippen LogP contribution in [-0.2, 0) is 17.6 Å². The van der Waals surface area contributed by atoms with E-state index in [1.165, 1.54) is 23.4 Å². The maximum atomic E-state index is 12.2. The van der Waals surface area contributed by atoms with E-state index < -0.39 is 0 Å². The molecule has 1 aliphatic rings. The maximum Gasteiger partial charge on any atom is 0.253 e. The Kier molecular flexibility index (Phi) is 4.15. The fraction of sp³-hybridized carbons (Fsp3) is 0.294. The molecule has 2 aromatic rings. The van der Waals surface area contributed by atoms with E-state index in [0.717, 1.165) is 23.5 Å². The quantitative estimate of drug-likeness (QED) is 0.868. The molecule has 1 aliphatic carbocycles. The molecule has 0 saturated carbocycles. The molecule has 0 atom stereocenters. The van der Waals surface area contributed by atoms with Crippen molar-refractivity contribution in [3.63, 3.8) is 0 Å². The summed E-state index contributed by atoms with van der Waals surface area (Å²) in [5, 5.41) is 3.65. The number of fused-ring (bicyclic) bond motifs is 1. The highest BCUT2D eigenvalue weighted by Gasteiger charge is 2.16. The van der Waals surface area contributed by atoms with Crippen LogP contribution < -0.4 is 5.32 Å². The molecule has 0 radical (unpaired) electrons. The summed E-state index contributed by atoms with van der Waals surface area (Å²) in [4.78, 5) is 18.1. The fourth-order valence-corrected chi connectivity index (χ4v) is 3.51. The predicted octanol–water partition coefficient (Wildman–Crippen LogP) is 4.06. The van der Waals surface area contributed by atoms with Crippen LogP contribution in [0.25, 0.3) is 6.08 Å². The Hall–Kier alpha value is -1.94. The number of benzene rings is 1. The third-order valence-corrected chi connectivity index (χ3v) is 4.68. The smallest absolute Gasteiger partial charge is 0.253 e. The van der Waals surface area contributed by atoms with Gasteiger partial charge >= 0.3 is 0 Å². The van der Waals surface area contributed by atoms with Crippen molar-refractivity contribution in [1.82, 2.24) is 4.98 Å². The highest BCUT2D eigenvalue weighted by Crippen LogP contribution is 2.29. The van der Waals surface area contributed by atoms with Crippen molar-refractivity contribution in [2.45, 2.75) is 32.6 Å². The van der Waals surface area contributed by atoms with Gasteiger partial charge in [0.25, 0.3) is 5.91 Å². The predicted molar refractivity (Wildman–Crippen MR) is 87.5 cm³/mol. The Bertz CT molecular complexity index is 650. The van der Waals surface area contributed by atoms with Crippen LogP contribution >= 0.6 is 11.3 Å². The SMILES string of the molecule is C/C(=C\c1ccccc1)C(=O)Nc1nc2c(s1)CCCC2. The van der Waals surface area contributed by atoms with E-state index >= 15 is 0 Å². The number of carbonyl (C=O) groups is 1. The number of carbonyl (C=O) groups excluding carboxylic acids is 1. The fourth-order valence-electron chi connectivity index (χ4n) is 2.47. The van der Waals surface area contributed by atoms with Crippen molar-refractivity contribution in [3.8, 4) is 0 Å². The van der Waals surface area contributed by atoms with Gasteiger partial charge in [-0.25, -0.2) is 4.98 Å². The lowest BCUT2D eigenvalue weighted by molar-refractivity contribution is -0.112. The van der Waals surface area contributed by atoms with E-state index in [1.807, 2.05) is 43.3 Å². The van der Waals surface area contributed by atoms with Crippen molar-refractivity contribution in [2.24, 2.45) is 0 Å². The number of aromatic nitrogens is 1. The van der Waals surface area contributed by atoms with Gasteiger partial charge in [0.1, 0.15) is 0 Å². The van der Waals surface area contributed by atoms with Gasteiger partial charge in [0.05, 0.1) is 5.69 Å². The van der Waals surface area contributed by atoms with Gasteiger partial charge in [-0.15, -0.1) is 11.3 Å². The van der Waals surface area contributed by atoms with Gasteiger partial charge in [-0.05, 0) is 44.2 Å². The third-order valence-electron chi connectivity index (χ3n) is 3.61. The van der Waals surface area contributed by atoms with E-state index in [2.05, 4.69) is 10.3 Å². The molecular weight excluding hydrogens is 280 g/mol. The molecule has 0 saturated heterocycles. The zero-order valence-corrected chi connectivity index (χ0v) is 12.9. The van der Waals surface area contributed by atoms with Gasteiger partial charge in [-0.3, -0.25) is 10.1 Å². The highest BCUT2D eigenvalue weighted by molar-refractivity contribution is 7.15. The van der Waals surface area contributed by atoms with E-state index in [4.69, 9.17) is 0 Å². The summed E-state index contributed by atoms with van der Waals surface area (Å²) in [6.07, 6.45) is 6.47. The first-order valence-electron chi connectivity index (χ1n) is 7.25. The van der Waals surface area contributed by atoms with E-state index in [1.54, 1.807) is 11.3 Å². The number of anilines is 1. The molecular formula is C17H18N2OS. The minimum absolute atomic E-state index is 0.0788. The standard InChI is InChI=1S/C17H18N2OS/c1-12(11-13-7-3-2-4-8-13)16(20)19-17-18-14-9-5-6-10-15(14)21-17/h2-4,7-8,11H,5-6,9-10H2,1H3,(H,18,19,20)/b12-11+. The van der Waals surface area contributed by atoms with Crippen molar-refractivity contribution < 1.29 is 4.79 Å². The molecule has 3 rings (SSSR count). The third kappa shape index (κ3) is 3.39. The number of aryl methyl sites for hydroxylation is 2. The summed E-state index contributed by atoms with van der Waals surface area (Å²) < 4.78 is 0. The summed E-state index contributed by atoms with van der Waals surface area (Å²) in [7, 11) is 0. The van der Waals surface area contributed by atoms with E-state index in [-0.39, 0.29) is 5.91 Å². The Labute approximate surface area is 128 Å². The van der Waals surface area contributed by atoms with Crippen LogP contribution in [0.4, 0.5) is 5.13 Å². The average molecular weight is 298 g/mol. The van der Waals surface area contributed by atoms with Crippen LogP contribution in [-0.4, -0.2) is 10.9 Å². The Morgan fingerprint density at radius 1 is 1.24 bits per heavy atom. The van der Waals surface area contributed by atoms with Gasteiger partial charge in [-0.1, -0.05) is 30.3 Å². The maximum absolute atomic E-state index is 12.2. The zero-order valence-electron chi connectivity index (χ0n) is 12.1. The van der Waals surface area contributed by atoms with Gasteiger partial charge in [-0.2, -0.15) is 0 Å². The molecule has 0 spiro atoms. The number of amides is 1. The first-order valence-corrected chi connectivity index (χ1v) is 8.07. The second-order valence-corrected chi connectivity index (χ2v) is 6.37. The monoisotopic (exact) mass is 298 g/mol. The molecule has 21 heavy (non-hydrogen) atoms. The van der Waals surface area contributed by atoms with Crippen LogP contribution in [0.15, 0.2) is 35.9 Å². The van der Waals surface area contributed by atoms with E-state index in [9.17, 15) is 4.79 Å². The van der Waals surface area contributed by atoms with Crippen LogP contribution in [0.2, 0.25) is 0 Å². The molecule has 0 fully saturated rings. The zero-order chi connectivity index (χ0) is 14.7. The van der Waals surface area contributed by atoms with Crippen molar-refractivity contribution in [3.05, 3.63) is 52.0 Å². The summed E-state index contributed by atoms with van der Waals surface area (Å²) in [5.41, 5.74) is 2.89. The molecule has 0 bridgehead atoms. The van der Waals surface area contributed by atoms with E-state index in [0.29, 0.717) is 5.57 Å². The molecule has 1 N–H and O–H groups in total. The Morgan fingerprint density at radius 3 is 2.76 bits per heavy atom. The second kappa shape index (κ2) is 6.22. The van der Waals surface area contributed by atoms with Crippen LogP contribution in [0.1, 0.15) is 35.9 Å². The largest absolute Gasteiger partial charge is 0.298 e. The van der Waals surface area contributed by atoms with Gasteiger partial charge in [0, 0.05) is 10.5 Å². The lowest BCUT2D eigenvalue weighted by atomic mass is 10.0. The Morgan fingerprint density at radius 2 is 2.00 bits per heavy atom. The molecule has 0 aliphatic heterocycles. The van der Waals surface area contributed by atoms with Crippen LogP contribution in [0.3, 0.4) is 0 Å². The molecule has 3 nitrogen and oxygen atoms in total. The van der Waals surface area contributed by atoms with Gasteiger partial charge in [0.2, 0.25) is 0 Å². The molecule has 1 aromatic carbocycles. The number of hydrogen-bond acceptors (Lipinski definition) is 3. The lowest BCUT2D eigenvalue weighted by Gasteiger charge is -2.06. The molecule has 1 aromatic heterocycles. The van der Waals surface area contributed by atoms with Gasteiger partial charge < -0.3 is 0 Å². The van der Waals surface area contributed by atoms with Gasteiger partial charge in [0.15, 0.2) is 5.13 Å². The number of thiazole rings is 1. The summed E-state index contributed by atoms with van der Waals surface area (Å²) in [6, 6.07) is 9.86. The van der Waals surface area contributed by atoms with Crippen LogP contribution in [0, 0.1) is 0 Å². The molecule has 0 unspecified atom stereocenters. The number of rotatable bonds is 3. The second-order valence-electron chi connectivity index (χ2n) is 5.29. The Balaban J connectivity index is 1.71. The lowest BCUT2D eigenvalue weighted by Crippen LogP contribution is -2.12. The molecule has 1 amide bonds. The topological polar surface area (TPSA) is 42.0 Å². The molecule has 108 valence electrons. The average Bonchev–Trinajstić information content (AvgIpc) is 2.90. The number of nitrogens with one attached hydrogen (secondary N) is 1. The number of nitrogens with zero attached hydrogens (tertiary/aromatic N) is 1. The highest BCUT2D eigenvalue weighted by atomic mass is 32.1. The van der Waals surface area contributed by atoms with Crippen molar-refractivity contribution in [2.75, 3.05) is 5.32 Å².